The molecule has 4 atom stereocenters. The lowest BCUT2D eigenvalue weighted by Gasteiger charge is -2.25. The molecular weight excluding hydrogens is 486 g/mol. The number of nitrogens with one attached hydrogen (secondary N) is 3. The Kier molecular flexibility index (Phi) is 14.7. The summed E-state index contributed by atoms with van der Waals surface area (Å²) in [7, 11) is 0. The first kappa shape index (κ1) is 31.6. The average Bonchev–Trinajstić information content (AvgIpc) is 2.76. The summed E-state index contributed by atoms with van der Waals surface area (Å²) >= 11 is 1.38. The lowest BCUT2D eigenvalue weighted by molar-refractivity contribution is -0.144. The molecule has 0 heterocycles. The number of primary amides is 3. The van der Waals surface area contributed by atoms with Crippen molar-refractivity contribution in [3.05, 3.63) is 0 Å². The zero-order valence-electron chi connectivity index (χ0n) is 19.3. The number of carbonyl (C=O) groups excluding carboxylic acids is 6. The van der Waals surface area contributed by atoms with E-state index < -0.39 is 72.0 Å². The summed E-state index contributed by atoms with van der Waals surface area (Å²) in [6.45, 7) is 0. The van der Waals surface area contributed by atoms with Gasteiger partial charge < -0.3 is 44.0 Å². The van der Waals surface area contributed by atoms with E-state index in [1.165, 1.54) is 11.8 Å². The first-order valence-electron chi connectivity index (χ1n) is 10.5. The van der Waals surface area contributed by atoms with Crippen molar-refractivity contribution in [3.8, 4) is 0 Å². The minimum Gasteiger partial charge on any atom is -0.480 e. The van der Waals surface area contributed by atoms with E-state index in [4.69, 9.17) is 22.9 Å². The molecule has 16 heteroatoms. The third-order valence-electron chi connectivity index (χ3n) is 4.61. The molecule has 0 rings (SSSR count). The Bertz CT molecular complexity index is 810. The number of rotatable bonds is 18. The van der Waals surface area contributed by atoms with Crippen molar-refractivity contribution in [3.63, 3.8) is 0 Å². The Morgan fingerprint density at radius 1 is 0.714 bits per heavy atom. The standard InChI is InChI=1S/C19H33N7O8S/c1-35-7-6-11(24-16(30)9(20)2-4-13(21)27)18(32)25-10(3-5-14(22)28)17(31)26-12(19(33)34)8-15(23)29/h9-12H,2-8,20H2,1H3,(H2,21,27)(H2,22,28)(H2,23,29)(H,24,30)(H,25,32)(H,26,31)(H,33,34). The van der Waals surface area contributed by atoms with Crippen LogP contribution in [0.2, 0.25) is 0 Å². The quantitative estimate of drug-likeness (QED) is 0.0868. The topological polar surface area (TPSA) is 280 Å². The highest BCUT2D eigenvalue weighted by Gasteiger charge is 2.31. The number of carboxylic acids is 1. The molecule has 198 valence electrons. The fraction of sp³-hybridized carbons (Fsp3) is 0.632. The van der Waals surface area contributed by atoms with Crippen LogP contribution in [-0.4, -0.2) is 82.7 Å². The molecule has 6 amide bonds. The number of thioether (sulfide) groups is 1. The minimum absolute atomic E-state index is 0.0435. The van der Waals surface area contributed by atoms with Crippen molar-refractivity contribution in [2.75, 3.05) is 12.0 Å². The van der Waals surface area contributed by atoms with Crippen LogP contribution in [0, 0.1) is 0 Å². The van der Waals surface area contributed by atoms with E-state index in [1.54, 1.807) is 6.26 Å². The summed E-state index contributed by atoms with van der Waals surface area (Å²) in [6, 6.07) is -5.34. The Morgan fingerprint density at radius 2 is 1.17 bits per heavy atom. The van der Waals surface area contributed by atoms with Gasteiger partial charge in [-0.1, -0.05) is 0 Å². The molecule has 0 aromatic heterocycles. The Morgan fingerprint density at radius 3 is 1.63 bits per heavy atom. The van der Waals surface area contributed by atoms with E-state index in [1.807, 2.05) is 0 Å². The molecule has 0 aliphatic carbocycles. The van der Waals surface area contributed by atoms with Gasteiger partial charge in [0, 0.05) is 12.8 Å². The number of carbonyl (C=O) groups is 7. The maximum absolute atomic E-state index is 12.9. The second-order valence-electron chi connectivity index (χ2n) is 7.59. The monoisotopic (exact) mass is 519 g/mol. The fourth-order valence-corrected chi connectivity index (χ4v) is 3.18. The van der Waals surface area contributed by atoms with Gasteiger partial charge in [0.25, 0.3) is 0 Å². The van der Waals surface area contributed by atoms with Crippen molar-refractivity contribution >= 4 is 53.2 Å². The summed E-state index contributed by atoms with van der Waals surface area (Å²) in [6.07, 6.45) is 0.421. The molecule has 0 saturated heterocycles. The summed E-state index contributed by atoms with van der Waals surface area (Å²) in [5.74, 6) is -6.04. The number of carboxylic acid groups (broad SMARTS) is 1. The van der Waals surface area contributed by atoms with Crippen LogP contribution >= 0.6 is 11.8 Å². The lowest BCUT2D eigenvalue weighted by atomic mass is 10.1. The summed E-state index contributed by atoms with van der Waals surface area (Å²) in [5, 5.41) is 16.1. The van der Waals surface area contributed by atoms with E-state index in [-0.39, 0.29) is 32.1 Å². The van der Waals surface area contributed by atoms with E-state index >= 15 is 0 Å². The van der Waals surface area contributed by atoms with Gasteiger partial charge in [-0.3, -0.25) is 28.8 Å². The molecule has 0 fully saturated rings. The molecule has 0 radical (unpaired) electrons. The molecule has 0 aliphatic heterocycles. The second kappa shape index (κ2) is 16.3. The molecule has 0 bridgehead atoms. The summed E-state index contributed by atoms with van der Waals surface area (Å²) < 4.78 is 0. The predicted molar refractivity (Wildman–Crippen MR) is 125 cm³/mol. The maximum atomic E-state index is 12.9. The highest BCUT2D eigenvalue weighted by molar-refractivity contribution is 7.98. The Balaban J connectivity index is 5.53. The van der Waals surface area contributed by atoms with Gasteiger partial charge in [-0.2, -0.15) is 11.8 Å². The molecule has 0 aromatic rings. The van der Waals surface area contributed by atoms with Gasteiger partial charge in [-0.25, -0.2) is 4.79 Å². The largest absolute Gasteiger partial charge is 0.480 e. The second-order valence-corrected chi connectivity index (χ2v) is 8.58. The third kappa shape index (κ3) is 13.8. The highest BCUT2D eigenvalue weighted by Crippen LogP contribution is 2.06. The fourth-order valence-electron chi connectivity index (χ4n) is 2.71. The molecule has 35 heavy (non-hydrogen) atoms. The van der Waals surface area contributed by atoms with Crippen molar-refractivity contribution in [1.82, 2.24) is 16.0 Å². The van der Waals surface area contributed by atoms with Crippen LogP contribution in [0.25, 0.3) is 0 Å². The van der Waals surface area contributed by atoms with Crippen LogP contribution in [0.15, 0.2) is 0 Å². The van der Waals surface area contributed by atoms with Gasteiger partial charge in [-0.15, -0.1) is 0 Å². The summed E-state index contributed by atoms with van der Waals surface area (Å²) in [4.78, 5) is 82.4. The zero-order valence-corrected chi connectivity index (χ0v) is 20.1. The van der Waals surface area contributed by atoms with E-state index in [0.717, 1.165) is 0 Å². The number of nitrogens with two attached hydrogens (primary N) is 4. The number of hydrogen-bond donors (Lipinski definition) is 8. The van der Waals surface area contributed by atoms with Crippen molar-refractivity contribution in [2.45, 2.75) is 62.7 Å². The van der Waals surface area contributed by atoms with Crippen LogP contribution in [0.5, 0.6) is 0 Å². The van der Waals surface area contributed by atoms with Gasteiger partial charge in [-0.05, 0) is 31.3 Å². The van der Waals surface area contributed by atoms with Crippen molar-refractivity contribution in [1.29, 1.82) is 0 Å². The first-order chi connectivity index (χ1) is 16.3. The van der Waals surface area contributed by atoms with Gasteiger partial charge >= 0.3 is 5.97 Å². The van der Waals surface area contributed by atoms with Crippen LogP contribution in [0.3, 0.4) is 0 Å². The van der Waals surface area contributed by atoms with Gasteiger partial charge in [0.2, 0.25) is 35.4 Å². The van der Waals surface area contributed by atoms with Gasteiger partial charge in [0.05, 0.1) is 12.5 Å². The van der Waals surface area contributed by atoms with Crippen LogP contribution in [0.1, 0.15) is 38.5 Å². The molecule has 0 aromatic carbocycles. The molecule has 4 unspecified atom stereocenters. The SMILES string of the molecule is CSCCC(NC(=O)C(N)CCC(N)=O)C(=O)NC(CCC(N)=O)C(=O)NC(CC(N)=O)C(=O)O. The summed E-state index contributed by atoms with van der Waals surface area (Å²) in [5.41, 5.74) is 20.9. The number of aliphatic carboxylic acids is 1. The average molecular weight is 520 g/mol. The lowest BCUT2D eigenvalue weighted by Crippen LogP contribution is -2.57. The van der Waals surface area contributed by atoms with Crippen molar-refractivity contribution < 1.29 is 38.7 Å². The number of amides is 6. The molecule has 0 saturated carbocycles. The van der Waals surface area contributed by atoms with E-state index in [9.17, 15) is 38.7 Å². The molecular formula is C19H33N7O8S. The highest BCUT2D eigenvalue weighted by atomic mass is 32.2. The van der Waals surface area contributed by atoms with E-state index in [2.05, 4.69) is 16.0 Å². The minimum atomic E-state index is -1.66. The van der Waals surface area contributed by atoms with Crippen LogP contribution < -0.4 is 38.9 Å². The predicted octanol–water partition coefficient (Wildman–Crippen LogP) is -3.99. The number of hydrogen-bond acceptors (Lipinski definition) is 9. The third-order valence-corrected chi connectivity index (χ3v) is 5.26. The van der Waals surface area contributed by atoms with Gasteiger partial charge in [0.15, 0.2) is 0 Å². The van der Waals surface area contributed by atoms with Crippen LogP contribution in [-0.2, 0) is 33.6 Å². The van der Waals surface area contributed by atoms with Gasteiger partial charge in [0.1, 0.15) is 18.1 Å². The normalized spacial score (nSPS) is 14.0. The first-order valence-corrected chi connectivity index (χ1v) is 11.9. The smallest absolute Gasteiger partial charge is 0.326 e. The van der Waals surface area contributed by atoms with E-state index in [0.29, 0.717) is 5.75 Å². The molecule has 12 N–H and O–H groups in total. The molecule has 0 aliphatic rings. The maximum Gasteiger partial charge on any atom is 0.326 e. The van der Waals surface area contributed by atoms with Crippen molar-refractivity contribution in [2.24, 2.45) is 22.9 Å². The Labute approximate surface area is 205 Å². The molecule has 0 spiro atoms. The Hall–Kier alpha value is -3.40. The van der Waals surface area contributed by atoms with Crippen LogP contribution in [0.4, 0.5) is 0 Å². The zero-order chi connectivity index (χ0) is 27.1. The molecule has 15 nitrogen and oxygen atoms in total.